The number of imide groups is 1. The third-order valence-corrected chi connectivity index (χ3v) is 5.09. The predicted molar refractivity (Wildman–Crippen MR) is 72.4 cm³/mol. The molecule has 2 fully saturated rings. The second kappa shape index (κ2) is 5.23. The molecular formula is C15H25NO3. The molecule has 19 heavy (non-hydrogen) atoms. The number of carbonyl (C=O) groups excluding carboxylic acids is 2. The Hall–Kier alpha value is -0.900. The minimum Gasteiger partial charge on any atom is -0.388 e. The number of likely N-dealkylation sites (tertiary alicyclic amines) is 1. The SMILES string of the molecule is CCC(O)(CC)CN1C(=O)CC2(CCCC2)CC1=O. The van der Waals surface area contributed by atoms with E-state index in [2.05, 4.69) is 0 Å². The van der Waals surface area contributed by atoms with Crippen LogP contribution in [0.1, 0.15) is 65.2 Å². The zero-order chi connectivity index (χ0) is 14.1. The number of β-amino-alcohol motifs (C(OH)–C–C–N with tert-alkyl or cyclic N) is 1. The van der Waals surface area contributed by atoms with Crippen molar-refractivity contribution in [3.8, 4) is 0 Å². The molecule has 1 saturated heterocycles. The maximum atomic E-state index is 12.3. The Labute approximate surface area is 115 Å². The molecule has 0 aromatic rings. The van der Waals surface area contributed by atoms with Crippen LogP contribution < -0.4 is 0 Å². The number of carbonyl (C=O) groups is 2. The number of piperidine rings is 1. The second-order valence-corrected chi connectivity index (χ2v) is 6.37. The van der Waals surface area contributed by atoms with Crippen LogP contribution in [-0.2, 0) is 9.59 Å². The fourth-order valence-electron chi connectivity index (χ4n) is 3.46. The van der Waals surface area contributed by atoms with E-state index in [-0.39, 0.29) is 23.8 Å². The Morgan fingerprint density at radius 1 is 1.11 bits per heavy atom. The third kappa shape index (κ3) is 2.83. The van der Waals surface area contributed by atoms with Crippen molar-refractivity contribution in [2.75, 3.05) is 6.54 Å². The van der Waals surface area contributed by atoms with Crippen LogP contribution in [0.3, 0.4) is 0 Å². The minimum absolute atomic E-state index is 0.0544. The third-order valence-electron chi connectivity index (χ3n) is 5.09. The average molecular weight is 267 g/mol. The number of aliphatic hydroxyl groups is 1. The molecule has 1 aliphatic carbocycles. The summed E-state index contributed by atoms with van der Waals surface area (Å²) in [5.74, 6) is -0.169. The largest absolute Gasteiger partial charge is 0.388 e. The monoisotopic (exact) mass is 267 g/mol. The lowest BCUT2D eigenvalue weighted by Crippen LogP contribution is -2.53. The highest BCUT2D eigenvalue weighted by Crippen LogP contribution is 2.47. The summed E-state index contributed by atoms with van der Waals surface area (Å²) in [6, 6.07) is 0. The van der Waals surface area contributed by atoms with E-state index in [4.69, 9.17) is 0 Å². The van der Waals surface area contributed by atoms with Gasteiger partial charge in [0, 0.05) is 12.8 Å². The molecule has 0 atom stereocenters. The second-order valence-electron chi connectivity index (χ2n) is 6.37. The first kappa shape index (κ1) is 14.5. The Balaban J connectivity index is 2.08. The maximum Gasteiger partial charge on any atom is 0.229 e. The van der Waals surface area contributed by atoms with Crippen LogP contribution in [0.5, 0.6) is 0 Å². The van der Waals surface area contributed by atoms with E-state index in [0.29, 0.717) is 25.7 Å². The molecule has 1 saturated carbocycles. The van der Waals surface area contributed by atoms with Gasteiger partial charge in [-0.1, -0.05) is 26.7 Å². The molecule has 4 nitrogen and oxygen atoms in total. The Bertz CT molecular complexity index is 348. The molecule has 1 spiro atoms. The summed E-state index contributed by atoms with van der Waals surface area (Å²) in [5, 5.41) is 10.3. The van der Waals surface area contributed by atoms with E-state index >= 15 is 0 Å². The lowest BCUT2D eigenvalue weighted by atomic mass is 9.76. The topological polar surface area (TPSA) is 57.6 Å². The smallest absolute Gasteiger partial charge is 0.229 e. The Kier molecular flexibility index (Phi) is 4.00. The first-order chi connectivity index (χ1) is 8.94. The summed E-state index contributed by atoms with van der Waals surface area (Å²) >= 11 is 0. The lowest BCUT2D eigenvalue weighted by molar-refractivity contribution is -0.158. The van der Waals surface area contributed by atoms with E-state index in [0.717, 1.165) is 25.7 Å². The summed E-state index contributed by atoms with van der Waals surface area (Å²) in [4.78, 5) is 25.8. The van der Waals surface area contributed by atoms with E-state index in [1.54, 1.807) is 0 Å². The zero-order valence-corrected chi connectivity index (χ0v) is 12.1. The van der Waals surface area contributed by atoms with Crippen LogP contribution in [0.2, 0.25) is 0 Å². The molecule has 4 heteroatoms. The summed E-state index contributed by atoms with van der Waals surface area (Å²) in [6.07, 6.45) is 6.37. The highest BCUT2D eigenvalue weighted by Gasteiger charge is 2.46. The van der Waals surface area contributed by atoms with Crippen molar-refractivity contribution in [2.45, 2.75) is 70.8 Å². The van der Waals surface area contributed by atoms with Gasteiger partial charge in [0.1, 0.15) is 0 Å². The van der Waals surface area contributed by atoms with Gasteiger partial charge in [0.05, 0.1) is 12.1 Å². The first-order valence-corrected chi connectivity index (χ1v) is 7.49. The normalized spacial score (nSPS) is 23.4. The van der Waals surface area contributed by atoms with Crippen molar-refractivity contribution in [3.05, 3.63) is 0 Å². The standard InChI is InChI=1S/C15H25NO3/c1-3-15(19,4-2)11-16-12(17)9-14(10-13(16)18)7-5-6-8-14/h19H,3-11H2,1-2H3. The number of hydrogen-bond donors (Lipinski definition) is 1. The molecule has 0 radical (unpaired) electrons. The van der Waals surface area contributed by atoms with Gasteiger partial charge >= 0.3 is 0 Å². The van der Waals surface area contributed by atoms with Gasteiger partial charge < -0.3 is 5.11 Å². The maximum absolute atomic E-state index is 12.3. The molecule has 108 valence electrons. The molecule has 2 rings (SSSR count). The highest BCUT2D eigenvalue weighted by molar-refractivity contribution is 5.98. The summed E-state index contributed by atoms with van der Waals surface area (Å²) in [6.45, 7) is 3.94. The van der Waals surface area contributed by atoms with Gasteiger partial charge in [-0.2, -0.15) is 0 Å². The van der Waals surface area contributed by atoms with Crippen LogP contribution >= 0.6 is 0 Å². The summed E-state index contributed by atoms with van der Waals surface area (Å²) < 4.78 is 0. The van der Waals surface area contributed by atoms with Gasteiger partial charge in [-0.3, -0.25) is 14.5 Å². The fraction of sp³-hybridized carbons (Fsp3) is 0.867. The van der Waals surface area contributed by atoms with Crippen LogP contribution in [0, 0.1) is 5.41 Å². The molecule has 2 aliphatic rings. The molecule has 0 aromatic heterocycles. The van der Waals surface area contributed by atoms with Crippen LogP contribution in [0.25, 0.3) is 0 Å². The van der Waals surface area contributed by atoms with Gasteiger partial charge in [-0.25, -0.2) is 0 Å². The fourth-order valence-corrected chi connectivity index (χ4v) is 3.46. The summed E-state index contributed by atoms with van der Waals surface area (Å²) in [7, 11) is 0. The van der Waals surface area contributed by atoms with E-state index in [9.17, 15) is 14.7 Å². The zero-order valence-electron chi connectivity index (χ0n) is 12.1. The molecule has 0 bridgehead atoms. The van der Waals surface area contributed by atoms with Gasteiger partial charge in [0.15, 0.2) is 0 Å². The van der Waals surface area contributed by atoms with Crippen molar-refractivity contribution in [1.82, 2.24) is 4.90 Å². The van der Waals surface area contributed by atoms with Gasteiger partial charge in [-0.15, -0.1) is 0 Å². The Morgan fingerprint density at radius 3 is 2.00 bits per heavy atom. The van der Waals surface area contributed by atoms with Crippen LogP contribution in [0.4, 0.5) is 0 Å². The van der Waals surface area contributed by atoms with Crippen molar-refractivity contribution < 1.29 is 14.7 Å². The van der Waals surface area contributed by atoms with Crippen molar-refractivity contribution >= 4 is 11.8 Å². The van der Waals surface area contributed by atoms with Crippen molar-refractivity contribution in [2.24, 2.45) is 5.41 Å². The average Bonchev–Trinajstić information content (AvgIpc) is 2.81. The molecule has 0 aromatic carbocycles. The molecule has 1 aliphatic heterocycles. The number of rotatable bonds is 4. The number of amides is 2. The van der Waals surface area contributed by atoms with Gasteiger partial charge in [-0.05, 0) is 31.1 Å². The Morgan fingerprint density at radius 2 is 1.58 bits per heavy atom. The van der Waals surface area contributed by atoms with Crippen LogP contribution in [0.15, 0.2) is 0 Å². The predicted octanol–water partition coefficient (Wildman–Crippen LogP) is 2.25. The molecular weight excluding hydrogens is 242 g/mol. The lowest BCUT2D eigenvalue weighted by Gasteiger charge is -2.40. The highest BCUT2D eigenvalue weighted by atomic mass is 16.3. The van der Waals surface area contributed by atoms with E-state index in [1.165, 1.54) is 4.90 Å². The number of nitrogens with zero attached hydrogens (tertiary/aromatic N) is 1. The van der Waals surface area contributed by atoms with Gasteiger partial charge in [0.25, 0.3) is 0 Å². The van der Waals surface area contributed by atoms with Crippen LogP contribution in [-0.4, -0.2) is 34.0 Å². The van der Waals surface area contributed by atoms with E-state index in [1.807, 2.05) is 13.8 Å². The molecule has 1 N–H and O–H groups in total. The van der Waals surface area contributed by atoms with Crippen molar-refractivity contribution in [1.29, 1.82) is 0 Å². The molecule has 2 amide bonds. The number of hydrogen-bond acceptors (Lipinski definition) is 3. The summed E-state index contributed by atoms with van der Waals surface area (Å²) in [5.41, 5.74) is -0.979. The molecule has 1 heterocycles. The van der Waals surface area contributed by atoms with Crippen molar-refractivity contribution in [3.63, 3.8) is 0 Å². The molecule has 0 unspecified atom stereocenters. The first-order valence-electron chi connectivity index (χ1n) is 7.49. The quantitative estimate of drug-likeness (QED) is 0.795. The van der Waals surface area contributed by atoms with E-state index < -0.39 is 5.60 Å². The van der Waals surface area contributed by atoms with Gasteiger partial charge in [0.2, 0.25) is 11.8 Å². The minimum atomic E-state index is -0.925.